The second kappa shape index (κ2) is 10.4. The Morgan fingerprint density at radius 3 is 2.13 bits per heavy atom. The number of carbonyl (C=O) groups is 2. The molecule has 0 heterocycles. The first-order chi connectivity index (χ1) is 14.6. The minimum Gasteiger partial charge on any atom is -0.357 e. The van der Waals surface area contributed by atoms with Crippen molar-refractivity contribution in [2.45, 2.75) is 19.5 Å². The molecule has 0 aromatic heterocycles. The predicted octanol–water partition coefficient (Wildman–Crippen LogP) is 1.60. The summed E-state index contributed by atoms with van der Waals surface area (Å²) < 4.78 is 41.0. The summed E-state index contributed by atoms with van der Waals surface area (Å²) in [4.78, 5) is 26.9. The van der Waals surface area contributed by atoms with Crippen LogP contribution in [-0.2, 0) is 26.3 Å². The molecule has 0 aliphatic rings. The van der Waals surface area contributed by atoms with E-state index in [1.807, 2.05) is 30.3 Å². The fourth-order valence-electron chi connectivity index (χ4n) is 2.90. The van der Waals surface area contributed by atoms with Gasteiger partial charge in [0.2, 0.25) is 11.8 Å². The maximum atomic E-state index is 13.4. The molecule has 1 atom stereocenters. The lowest BCUT2D eigenvalue weighted by molar-refractivity contribution is -0.139. The van der Waals surface area contributed by atoms with E-state index >= 15 is 0 Å². The monoisotopic (exact) mass is 450 g/mol. The average molecular weight is 451 g/mol. The van der Waals surface area contributed by atoms with Crippen molar-refractivity contribution in [3.05, 3.63) is 66.0 Å². The fraction of sp³-hybridized carbons (Fsp3) is 0.333. The van der Waals surface area contributed by atoms with Gasteiger partial charge in [-0.05, 0) is 36.8 Å². The van der Waals surface area contributed by atoms with Crippen molar-refractivity contribution in [3.63, 3.8) is 0 Å². The first-order valence-electron chi connectivity index (χ1n) is 9.58. The highest BCUT2D eigenvalue weighted by atomic mass is 32.2. The van der Waals surface area contributed by atoms with E-state index in [1.54, 1.807) is 6.92 Å². The Kier molecular flexibility index (Phi) is 8.12. The summed E-state index contributed by atoms with van der Waals surface area (Å²) in [6.45, 7) is 1.14. The van der Waals surface area contributed by atoms with E-state index in [1.165, 1.54) is 38.2 Å². The Morgan fingerprint density at radius 2 is 1.61 bits per heavy atom. The van der Waals surface area contributed by atoms with Crippen molar-refractivity contribution < 1.29 is 22.4 Å². The van der Waals surface area contributed by atoms with Gasteiger partial charge in [-0.2, -0.15) is 12.7 Å². The van der Waals surface area contributed by atoms with Crippen LogP contribution in [0.4, 0.5) is 10.1 Å². The Hall–Kier alpha value is -2.98. The molecule has 10 heteroatoms. The van der Waals surface area contributed by atoms with E-state index in [0.29, 0.717) is 0 Å². The SMILES string of the molecule is CNC(=O)[C@@H](C)N(Cc1ccccc1)C(=O)CN(c1ccc(F)cc1)S(=O)(=O)N(C)C. The van der Waals surface area contributed by atoms with Gasteiger partial charge in [0, 0.05) is 27.7 Å². The average Bonchev–Trinajstić information content (AvgIpc) is 2.75. The van der Waals surface area contributed by atoms with Crippen LogP contribution in [0.1, 0.15) is 12.5 Å². The maximum absolute atomic E-state index is 13.4. The number of benzene rings is 2. The van der Waals surface area contributed by atoms with Crippen LogP contribution < -0.4 is 9.62 Å². The van der Waals surface area contributed by atoms with Gasteiger partial charge in [-0.3, -0.25) is 9.59 Å². The number of halogens is 1. The summed E-state index contributed by atoms with van der Waals surface area (Å²) in [6, 6.07) is 13.0. The number of nitrogens with zero attached hydrogens (tertiary/aromatic N) is 3. The molecule has 0 aliphatic carbocycles. The number of carbonyl (C=O) groups excluding carboxylic acids is 2. The van der Waals surface area contributed by atoms with Gasteiger partial charge in [0.25, 0.3) is 0 Å². The van der Waals surface area contributed by atoms with E-state index in [2.05, 4.69) is 5.32 Å². The molecule has 168 valence electrons. The zero-order chi connectivity index (χ0) is 23.2. The standard InChI is InChI=1S/C21H27FN4O4S/c1-16(21(28)23-2)25(14-17-8-6-5-7-9-17)20(27)15-26(31(29,30)24(3)4)19-12-10-18(22)11-13-19/h5-13,16H,14-15H2,1-4H3,(H,23,28)/t16-/m1/s1. The van der Waals surface area contributed by atoms with Crippen LogP contribution in [0.2, 0.25) is 0 Å². The highest BCUT2D eigenvalue weighted by Crippen LogP contribution is 2.21. The number of nitrogens with one attached hydrogen (secondary N) is 1. The number of amides is 2. The Balaban J connectivity index is 2.42. The molecule has 1 N–H and O–H groups in total. The minimum atomic E-state index is -4.06. The third-order valence-corrected chi connectivity index (χ3v) is 6.56. The molecule has 31 heavy (non-hydrogen) atoms. The summed E-state index contributed by atoms with van der Waals surface area (Å²) in [5, 5.41) is 2.51. The molecule has 0 unspecified atom stereocenters. The normalized spacial score (nSPS) is 12.3. The maximum Gasteiger partial charge on any atom is 0.304 e. The molecular weight excluding hydrogens is 423 g/mol. The van der Waals surface area contributed by atoms with Crippen molar-refractivity contribution in [3.8, 4) is 0 Å². The predicted molar refractivity (Wildman–Crippen MR) is 117 cm³/mol. The van der Waals surface area contributed by atoms with Gasteiger partial charge < -0.3 is 10.2 Å². The largest absolute Gasteiger partial charge is 0.357 e. The lowest BCUT2D eigenvalue weighted by atomic mass is 10.1. The van der Waals surface area contributed by atoms with E-state index in [9.17, 15) is 22.4 Å². The van der Waals surface area contributed by atoms with Gasteiger partial charge in [0.1, 0.15) is 18.4 Å². The van der Waals surface area contributed by atoms with E-state index in [4.69, 9.17) is 0 Å². The first kappa shape index (κ1) is 24.3. The Morgan fingerprint density at radius 1 is 1.03 bits per heavy atom. The molecule has 0 fully saturated rings. The molecule has 0 saturated carbocycles. The van der Waals surface area contributed by atoms with Gasteiger partial charge in [0.05, 0.1) is 5.69 Å². The first-order valence-corrected chi connectivity index (χ1v) is 11.0. The molecule has 0 aliphatic heterocycles. The van der Waals surface area contributed by atoms with Crippen LogP contribution in [-0.4, -0.2) is 63.2 Å². The van der Waals surface area contributed by atoms with Crippen LogP contribution in [0, 0.1) is 5.82 Å². The van der Waals surface area contributed by atoms with Crippen LogP contribution >= 0.6 is 0 Å². The molecule has 2 rings (SSSR count). The van der Waals surface area contributed by atoms with Gasteiger partial charge in [-0.15, -0.1) is 0 Å². The van der Waals surface area contributed by atoms with Crippen molar-refractivity contribution in [1.29, 1.82) is 0 Å². The number of hydrogen-bond donors (Lipinski definition) is 1. The summed E-state index contributed by atoms with van der Waals surface area (Å²) in [7, 11) is 0.0790. The molecule has 8 nitrogen and oxygen atoms in total. The highest BCUT2D eigenvalue weighted by Gasteiger charge is 2.32. The van der Waals surface area contributed by atoms with Gasteiger partial charge in [-0.1, -0.05) is 30.3 Å². The lowest BCUT2D eigenvalue weighted by Crippen LogP contribution is -2.52. The molecule has 0 saturated heterocycles. The van der Waals surface area contributed by atoms with Crippen LogP contribution in [0.15, 0.2) is 54.6 Å². The molecule has 2 aromatic carbocycles. The minimum absolute atomic E-state index is 0.119. The van der Waals surface area contributed by atoms with Gasteiger partial charge in [-0.25, -0.2) is 8.70 Å². The van der Waals surface area contributed by atoms with Gasteiger partial charge in [0.15, 0.2) is 0 Å². The molecule has 0 bridgehead atoms. The summed E-state index contributed by atoms with van der Waals surface area (Å²) in [5.41, 5.74) is 0.922. The second-order valence-electron chi connectivity index (χ2n) is 7.07. The van der Waals surface area contributed by atoms with E-state index < -0.39 is 34.5 Å². The summed E-state index contributed by atoms with van der Waals surface area (Å²) in [5.74, 6) is -1.49. The van der Waals surface area contributed by atoms with Crippen molar-refractivity contribution in [2.75, 3.05) is 32.0 Å². The third kappa shape index (κ3) is 6.02. The third-order valence-electron chi connectivity index (χ3n) is 4.74. The number of hydrogen-bond acceptors (Lipinski definition) is 4. The van der Waals surface area contributed by atoms with Crippen molar-refractivity contribution in [2.24, 2.45) is 0 Å². The number of likely N-dealkylation sites (N-methyl/N-ethyl adjacent to an activating group) is 1. The topological polar surface area (TPSA) is 90.0 Å². The zero-order valence-corrected chi connectivity index (χ0v) is 18.8. The summed E-state index contributed by atoms with van der Waals surface area (Å²) >= 11 is 0. The van der Waals surface area contributed by atoms with Crippen molar-refractivity contribution in [1.82, 2.24) is 14.5 Å². The van der Waals surface area contributed by atoms with Crippen LogP contribution in [0.3, 0.4) is 0 Å². The highest BCUT2D eigenvalue weighted by molar-refractivity contribution is 7.90. The van der Waals surface area contributed by atoms with E-state index in [0.717, 1.165) is 26.3 Å². The number of anilines is 1. The quantitative estimate of drug-likeness (QED) is 0.629. The van der Waals surface area contributed by atoms with E-state index in [-0.39, 0.29) is 18.1 Å². The van der Waals surface area contributed by atoms with Crippen molar-refractivity contribution >= 4 is 27.7 Å². The zero-order valence-electron chi connectivity index (χ0n) is 17.9. The van der Waals surface area contributed by atoms with Crippen LogP contribution in [0.5, 0.6) is 0 Å². The molecule has 0 spiro atoms. The number of rotatable bonds is 9. The molecule has 2 amide bonds. The molecule has 0 radical (unpaired) electrons. The van der Waals surface area contributed by atoms with Crippen LogP contribution in [0.25, 0.3) is 0 Å². The van der Waals surface area contributed by atoms with Gasteiger partial charge >= 0.3 is 10.2 Å². The second-order valence-corrected chi connectivity index (χ2v) is 9.14. The lowest BCUT2D eigenvalue weighted by Gasteiger charge is -2.32. The molecule has 2 aromatic rings. The fourth-order valence-corrected chi connectivity index (χ4v) is 3.95. The smallest absolute Gasteiger partial charge is 0.304 e. The summed E-state index contributed by atoms with van der Waals surface area (Å²) in [6.07, 6.45) is 0. The Bertz CT molecular complexity index is 998. The molecular formula is C21H27FN4O4S. The Labute approximate surface area is 182 Å².